The molecule has 36 heavy (non-hydrogen) atoms. The zero-order valence-corrected chi connectivity index (χ0v) is 20.7. The van der Waals surface area contributed by atoms with Gasteiger partial charge in [-0.05, 0) is 41.8 Å². The van der Waals surface area contributed by atoms with Crippen LogP contribution < -0.4 is 19.6 Å². The van der Waals surface area contributed by atoms with Gasteiger partial charge in [0.25, 0.3) is 5.56 Å². The van der Waals surface area contributed by atoms with Crippen LogP contribution in [0.15, 0.2) is 106 Å². The predicted octanol–water partition coefficient (Wildman–Crippen LogP) is 3.99. The van der Waals surface area contributed by atoms with Gasteiger partial charge in [0, 0.05) is 0 Å². The fourth-order valence-corrected chi connectivity index (χ4v) is 5.28. The van der Waals surface area contributed by atoms with Crippen molar-refractivity contribution >= 4 is 23.4 Å². The first-order valence-corrected chi connectivity index (χ1v) is 12.3. The molecule has 1 aromatic heterocycles. The number of hydrogen-bond donors (Lipinski definition) is 0. The average Bonchev–Trinajstić information content (AvgIpc) is 3.21. The molecule has 0 fully saturated rings. The number of fused-ring (bicyclic) bond motifs is 1. The fraction of sp³-hybridized carbons (Fsp3) is 0.138. The molecule has 0 spiro atoms. The van der Waals surface area contributed by atoms with E-state index in [0.29, 0.717) is 33.0 Å². The lowest BCUT2D eigenvalue weighted by atomic mass is 9.96. The molecule has 0 aliphatic carbocycles. The third kappa shape index (κ3) is 4.65. The van der Waals surface area contributed by atoms with Crippen LogP contribution in [0.25, 0.3) is 6.08 Å². The molecule has 2 heterocycles. The largest absolute Gasteiger partial charge is 0.489 e. The summed E-state index contributed by atoms with van der Waals surface area (Å²) in [5.74, 6) is 0.217. The Hall–Kier alpha value is -4.23. The van der Waals surface area contributed by atoms with E-state index in [2.05, 4.69) is 4.99 Å². The monoisotopic (exact) mass is 496 g/mol. The van der Waals surface area contributed by atoms with Crippen molar-refractivity contribution in [3.05, 3.63) is 133 Å². The zero-order valence-electron chi connectivity index (χ0n) is 19.9. The highest BCUT2D eigenvalue weighted by Crippen LogP contribution is 2.30. The normalized spacial score (nSPS) is 15.3. The number of hydrogen-bond acceptors (Lipinski definition) is 6. The minimum Gasteiger partial charge on any atom is -0.489 e. The van der Waals surface area contributed by atoms with E-state index in [0.717, 1.165) is 16.7 Å². The number of ether oxygens (including phenoxy) is 2. The topological polar surface area (TPSA) is 69.9 Å². The molecular formula is C29H24N2O4S. The highest BCUT2D eigenvalue weighted by molar-refractivity contribution is 7.07. The van der Waals surface area contributed by atoms with Crippen molar-refractivity contribution in [2.24, 2.45) is 4.99 Å². The lowest BCUT2D eigenvalue weighted by molar-refractivity contribution is -0.136. The van der Waals surface area contributed by atoms with E-state index < -0.39 is 12.0 Å². The molecule has 0 bridgehead atoms. The maximum atomic E-state index is 13.6. The molecule has 0 unspecified atom stereocenters. The summed E-state index contributed by atoms with van der Waals surface area (Å²) in [4.78, 5) is 31.5. The van der Waals surface area contributed by atoms with Gasteiger partial charge in [0.15, 0.2) is 4.80 Å². The van der Waals surface area contributed by atoms with Crippen LogP contribution in [0.3, 0.4) is 0 Å². The number of methoxy groups -OCH3 is 1. The molecule has 180 valence electrons. The van der Waals surface area contributed by atoms with E-state index in [1.165, 1.54) is 18.4 Å². The Kier molecular flexibility index (Phi) is 6.64. The van der Waals surface area contributed by atoms with Crippen LogP contribution >= 0.6 is 11.3 Å². The van der Waals surface area contributed by atoms with Gasteiger partial charge < -0.3 is 9.47 Å². The standard InChI is InChI=1S/C29H24N2O4S/c1-19-25(28(33)34-2)26(22-13-7-4-8-14-22)31-27(32)24(36-29(31)30-19)17-21-12-9-15-23(16-21)35-18-20-10-5-3-6-11-20/h3-17,26H,18H2,1-2H3/b24-17-/t26-/m1/s1. The van der Waals surface area contributed by atoms with E-state index in [1.54, 1.807) is 11.5 Å². The van der Waals surface area contributed by atoms with Crippen molar-refractivity contribution in [2.45, 2.75) is 19.6 Å². The molecule has 1 atom stereocenters. The molecule has 5 rings (SSSR count). The lowest BCUT2D eigenvalue weighted by Gasteiger charge is -2.24. The number of allylic oxidation sites excluding steroid dienone is 1. The molecule has 1 aliphatic rings. The van der Waals surface area contributed by atoms with Gasteiger partial charge in [-0.2, -0.15) is 0 Å². The van der Waals surface area contributed by atoms with Gasteiger partial charge in [0.2, 0.25) is 0 Å². The van der Waals surface area contributed by atoms with E-state index >= 15 is 0 Å². The maximum absolute atomic E-state index is 13.6. The summed E-state index contributed by atoms with van der Waals surface area (Å²) >= 11 is 1.30. The average molecular weight is 497 g/mol. The quantitative estimate of drug-likeness (QED) is 0.379. The highest BCUT2D eigenvalue weighted by atomic mass is 32.1. The first kappa shape index (κ1) is 23.5. The molecule has 3 aromatic carbocycles. The number of rotatable bonds is 6. The van der Waals surface area contributed by atoms with Gasteiger partial charge >= 0.3 is 5.97 Å². The molecule has 1 aliphatic heterocycles. The third-order valence-corrected chi connectivity index (χ3v) is 6.93. The summed E-state index contributed by atoms with van der Waals surface area (Å²) in [5.41, 5.74) is 3.42. The molecular weight excluding hydrogens is 472 g/mol. The number of benzene rings is 3. The maximum Gasteiger partial charge on any atom is 0.338 e. The van der Waals surface area contributed by atoms with Gasteiger partial charge in [-0.15, -0.1) is 0 Å². The Labute approximate surface area is 212 Å². The van der Waals surface area contributed by atoms with Crippen molar-refractivity contribution in [3.63, 3.8) is 0 Å². The molecule has 0 amide bonds. The van der Waals surface area contributed by atoms with Gasteiger partial charge in [0.1, 0.15) is 12.4 Å². The number of carbonyl (C=O) groups excluding carboxylic acids is 1. The van der Waals surface area contributed by atoms with E-state index in [1.807, 2.05) is 91.0 Å². The predicted molar refractivity (Wildman–Crippen MR) is 139 cm³/mol. The second kappa shape index (κ2) is 10.2. The first-order chi connectivity index (χ1) is 17.5. The van der Waals surface area contributed by atoms with Gasteiger partial charge in [0.05, 0.1) is 29.0 Å². The number of esters is 1. The number of thiazole rings is 1. The summed E-state index contributed by atoms with van der Waals surface area (Å²) in [6, 6.07) is 26.4. The molecule has 0 saturated carbocycles. The third-order valence-electron chi connectivity index (χ3n) is 5.95. The minimum atomic E-state index is -0.613. The second-order valence-electron chi connectivity index (χ2n) is 8.33. The van der Waals surface area contributed by atoms with Crippen LogP contribution in [0.5, 0.6) is 5.75 Å². The van der Waals surface area contributed by atoms with E-state index in [9.17, 15) is 9.59 Å². The lowest BCUT2D eigenvalue weighted by Crippen LogP contribution is -2.39. The molecule has 0 radical (unpaired) electrons. The Morgan fingerprint density at radius 2 is 1.75 bits per heavy atom. The minimum absolute atomic E-state index is 0.211. The Morgan fingerprint density at radius 3 is 2.47 bits per heavy atom. The van der Waals surface area contributed by atoms with Gasteiger partial charge in [-0.1, -0.05) is 84.1 Å². The van der Waals surface area contributed by atoms with E-state index in [4.69, 9.17) is 9.47 Å². The Morgan fingerprint density at radius 1 is 1.03 bits per heavy atom. The van der Waals surface area contributed by atoms with Gasteiger partial charge in [-0.25, -0.2) is 9.79 Å². The van der Waals surface area contributed by atoms with Crippen LogP contribution in [-0.4, -0.2) is 17.6 Å². The first-order valence-electron chi connectivity index (χ1n) is 11.5. The van der Waals surface area contributed by atoms with Crippen molar-refractivity contribution in [2.75, 3.05) is 7.11 Å². The van der Waals surface area contributed by atoms with Gasteiger partial charge in [-0.3, -0.25) is 9.36 Å². The fourth-order valence-electron chi connectivity index (χ4n) is 4.23. The van der Waals surface area contributed by atoms with E-state index in [-0.39, 0.29) is 5.56 Å². The zero-order chi connectivity index (χ0) is 25.1. The summed E-state index contributed by atoms with van der Waals surface area (Å²) in [5, 5.41) is 0. The number of carbonyl (C=O) groups is 1. The second-order valence-corrected chi connectivity index (χ2v) is 9.34. The summed E-state index contributed by atoms with van der Waals surface area (Å²) in [6.45, 7) is 2.23. The number of nitrogens with zero attached hydrogens (tertiary/aromatic N) is 2. The van der Waals surface area contributed by atoms with Crippen molar-refractivity contribution in [3.8, 4) is 5.75 Å². The van der Waals surface area contributed by atoms with Crippen molar-refractivity contribution < 1.29 is 14.3 Å². The smallest absolute Gasteiger partial charge is 0.338 e. The highest BCUT2D eigenvalue weighted by Gasteiger charge is 2.32. The Bertz CT molecular complexity index is 1620. The van der Waals surface area contributed by atoms with Crippen LogP contribution in [0.1, 0.15) is 29.7 Å². The summed E-state index contributed by atoms with van der Waals surface area (Å²) in [6.07, 6.45) is 1.83. The van der Waals surface area contributed by atoms with Crippen LogP contribution in [-0.2, 0) is 16.1 Å². The molecule has 0 saturated heterocycles. The molecule has 6 nitrogen and oxygen atoms in total. The Balaban J connectivity index is 1.55. The van der Waals surface area contributed by atoms with Crippen LogP contribution in [0.4, 0.5) is 0 Å². The molecule has 0 N–H and O–H groups in total. The van der Waals surface area contributed by atoms with Crippen LogP contribution in [0.2, 0.25) is 0 Å². The molecule has 4 aromatic rings. The molecule has 7 heteroatoms. The summed E-state index contributed by atoms with van der Waals surface area (Å²) in [7, 11) is 1.34. The van der Waals surface area contributed by atoms with Crippen LogP contribution in [0, 0.1) is 0 Å². The van der Waals surface area contributed by atoms with Crippen molar-refractivity contribution in [1.82, 2.24) is 4.57 Å². The summed E-state index contributed by atoms with van der Waals surface area (Å²) < 4.78 is 13.1. The number of aromatic nitrogens is 1. The SMILES string of the molecule is COC(=O)C1=C(C)N=c2s/c(=C\c3cccc(OCc4ccccc4)c3)c(=O)n2[C@@H]1c1ccccc1. The van der Waals surface area contributed by atoms with Crippen molar-refractivity contribution in [1.29, 1.82) is 0 Å².